The van der Waals surface area contributed by atoms with E-state index in [9.17, 15) is 0 Å². The van der Waals surface area contributed by atoms with Gasteiger partial charge in [0.2, 0.25) is 0 Å². The molecule has 0 N–H and O–H groups in total. The maximum atomic E-state index is 4.29. The van der Waals surface area contributed by atoms with Crippen LogP contribution in [0.25, 0.3) is 5.82 Å². The van der Waals surface area contributed by atoms with Gasteiger partial charge in [0.05, 0.1) is 0 Å². The van der Waals surface area contributed by atoms with Crippen LogP contribution >= 0.6 is 15.9 Å². The van der Waals surface area contributed by atoms with Crippen LogP contribution in [0.1, 0.15) is 23.1 Å². The third-order valence-electron chi connectivity index (χ3n) is 2.07. The Labute approximate surface area is 95.7 Å². The van der Waals surface area contributed by atoms with Crippen molar-refractivity contribution in [2.75, 3.05) is 0 Å². The molecule has 2 aromatic rings. The van der Waals surface area contributed by atoms with Crippen LogP contribution in [0, 0.1) is 6.92 Å². The van der Waals surface area contributed by atoms with Crippen LogP contribution in [0.15, 0.2) is 18.3 Å². The van der Waals surface area contributed by atoms with Crippen LogP contribution in [0.4, 0.5) is 0 Å². The Hall–Kier alpha value is -1.30. The van der Waals surface area contributed by atoms with Gasteiger partial charge in [-0.25, -0.2) is 4.98 Å². The zero-order valence-corrected chi connectivity index (χ0v) is 10.0. The molecule has 0 radical (unpaired) electrons. The number of nitrogens with zero attached hydrogens (tertiary/aromatic N) is 5. The molecule has 0 amide bonds. The highest BCUT2D eigenvalue weighted by atomic mass is 79.9. The minimum Gasteiger partial charge on any atom is -0.237 e. The SMILES string of the molecule is Cc1nnnn1-c1ccc(C(C)Br)cn1. The summed E-state index contributed by atoms with van der Waals surface area (Å²) in [5, 5.41) is 11.2. The van der Waals surface area contributed by atoms with Gasteiger partial charge in [0.1, 0.15) is 0 Å². The normalized spacial score (nSPS) is 12.7. The Morgan fingerprint density at radius 2 is 2.20 bits per heavy atom. The first-order valence-corrected chi connectivity index (χ1v) is 5.45. The maximum Gasteiger partial charge on any atom is 0.157 e. The lowest BCUT2D eigenvalue weighted by Crippen LogP contribution is -2.02. The van der Waals surface area contributed by atoms with Gasteiger partial charge < -0.3 is 0 Å². The fourth-order valence-electron chi connectivity index (χ4n) is 1.20. The second kappa shape index (κ2) is 4.06. The molecule has 1 unspecified atom stereocenters. The van der Waals surface area contributed by atoms with Crippen molar-refractivity contribution in [2.24, 2.45) is 0 Å². The second-order valence-corrected chi connectivity index (χ2v) is 4.58. The topological polar surface area (TPSA) is 56.5 Å². The van der Waals surface area contributed by atoms with Gasteiger partial charge in [-0.05, 0) is 35.9 Å². The van der Waals surface area contributed by atoms with Gasteiger partial charge in [-0.3, -0.25) is 0 Å². The lowest BCUT2D eigenvalue weighted by Gasteiger charge is -2.04. The molecule has 0 bridgehead atoms. The maximum absolute atomic E-state index is 4.29. The fourth-order valence-corrected chi connectivity index (χ4v) is 1.47. The molecule has 0 saturated heterocycles. The molecule has 2 aromatic heterocycles. The molecule has 0 aliphatic carbocycles. The van der Waals surface area contributed by atoms with E-state index in [1.165, 1.54) is 0 Å². The van der Waals surface area contributed by atoms with Crippen molar-refractivity contribution >= 4 is 15.9 Å². The molecule has 0 fully saturated rings. The van der Waals surface area contributed by atoms with E-state index in [1.807, 2.05) is 25.3 Å². The van der Waals surface area contributed by atoms with E-state index < -0.39 is 0 Å². The molecule has 2 rings (SSSR count). The van der Waals surface area contributed by atoms with E-state index in [0.717, 1.165) is 17.2 Å². The number of hydrogen-bond acceptors (Lipinski definition) is 4. The van der Waals surface area contributed by atoms with Crippen molar-refractivity contribution in [1.29, 1.82) is 0 Å². The lowest BCUT2D eigenvalue weighted by molar-refractivity contribution is 0.759. The largest absolute Gasteiger partial charge is 0.237 e. The highest BCUT2D eigenvalue weighted by molar-refractivity contribution is 9.09. The highest BCUT2D eigenvalue weighted by Crippen LogP contribution is 2.20. The first-order chi connectivity index (χ1) is 7.18. The van der Waals surface area contributed by atoms with Gasteiger partial charge in [-0.15, -0.1) is 5.10 Å². The van der Waals surface area contributed by atoms with Gasteiger partial charge in [0, 0.05) is 11.0 Å². The van der Waals surface area contributed by atoms with E-state index in [2.05, 4.69) is 43.4 Å². The number of aryl methyl sites for hydroxylation is 1. The summed E-state index contributed by atoms with van der Waals surface area (Å²) in [7, 11) is 0. The fraction of sp³-hybridized carbons (Fsp3) is 0.333. The van der Waals surface area contributed by atoms with Crippen LogP contribution in [-0.2, 0) is 0 Å². The van der Waals surface area contributed by atoms with Gasteiger partial charge in [-0.1, -0.05) is 22.0 Å². The summed E-state index contributed by atoms with van der Waals surface area (Å²) in [4.78, 5) is 4.59. The molecular weight excluding hydrogens is 258 g/mol. The summed E-state index contributed by atoms with van der Waals surface area (Å²) in [6.45, 7) is 3.89. The predicted molar refractivity (Wildman–Crippen MR) is 59.0 cm³/mol. The van der Waals surface area contributed by atoms with Gasteiger partial charge in [-0.2, -0.15) is 4.68 Å². The van der Waals surface area contributed by atoms with Crippen LogP contribution in [0.2, 0.25) is 0 Å². The molecule has 15 heavy (non-hydrogen) atoms. The number of alkyl halides is 1. The molecule has 0 spiro atoms. The van der Waals surface area contributed by atoms with Gasteiger partial charge in [0.25, 0.3) is 0 Å². The van der Waals surface area contributed by atoms with Crippen molar-refractivity contribution in [2.45, 2.75) is 18.7 Å². The Morgan fingerprint density at radius 3 is 2.67 bits per heavy atom. The predicted octanol–water partition coefficient (Wildman–Crippen LogP) is 1.82. The van der Waals surface area contributed by atoms with E-state index in [4.69, 9.17) is 0 Å². The number of tetrazole rings is 1. The van der Waals surface area contributed by atoms with Crippen LogP contribution in [0.3, 0.4) is 0 Å². The average molecular weight is 268 g/mol. The van der Waals surface area contributed by atoms with Crippen LogP contribution < -0.4 is 0 Å². The first kappa shape index (κ1) is 10.2. The van der Waals surface area contributed by atoms with Crippen LogP contribution in [-0.4, -0.2) is 25.2 Å². The molecular formula is C9H10BrN5. The summed E-state index contributed by atoms with van der Waals surface area (Å²) >= 11 is 3.48. The Kier molecular flexibility index (Phi) is 2.77. The molecule has 0 aliphatic rings. The van der Waals surface area contributed by atoms with Gasteiger partial charge >= 0.3 is 0 Å². The van der Waals surface area contributed by atoms with E-state index in [1.54, 1.807) is 4.68 Å². The third-order valence-corrected chi connectivity index (χ3v) is 2.60. The summed E-state index contributed by atoms with van der Waals surface area (Å²) in [5.41, 5.74) is 1.13. The van der Waals surface area contributed by atoms with Crippen molar-refractivity contribution in [1.82, 2.24) is 25.2 Å². The Balaban J connectivity index is 2.36. The molecule has 0 aliphatic heterocycles. The van der Waals surface area contributed by atoms with Crippen molar-refractivity contribution < 1.29 is 0 Å². The van der Waals surface area contributed by atoms with E-state index >= 15 is 0 Å². The quantitative estimate of drug-likeness (QED) is 0.779. The molecule has 5 nitrogen and oxygen atoms in total. The number of rotatable bonds is 2. The number of pyridine rings is 1. The number of hydrogen-bond donors (Lipinski definition) is 0. The zero-order valence-electron chi connectivity index (χ0n) is 8.42. The highest BCUT2D eigenvalue weighted by Gasteiger charge is 2.06. The average Bonchev–Trinajstić information content (AvgIpc) is 2.65. The zero-order chi connectivity index (χ0) is 10.8. The molecule has 2 heterocycles. The number of halogens is 1. The van der Waals surface area contributed by atoms with Crippen LogP contribution in [0.5, 0.6) is 0 Å². The lowest BCUT2D eigenvalue weighted by atomic mass is 10.2. The minimum atomic E-state index is 0.300. The molecule has 78 valence electrons. The summed E-state index contributed by atoms with van der Waals surface area (Å²) in [6.07, 6.45) is 1.82. The second-order valence-electron chi connectivity index (χ2n) is 3.20. The molecule has 6 heteroatoms. The van der Waals surface area contributed by atoms with Crippen molar-refractivity contribution in [3.63, 3.8) is 0 Å². The van der Waals surface area contributed by atoms with E-state index in [-0.39, 0.29) is 0 Å². The summed E-state index contributed by atoms with van der Waals surface area (Å²) in [6, 6.07) is 3.90. The van der Waals surface area contributed by atoms with Crippen molar-refractivity contribution in [3.05, 3.63) is 29.7 Å². The molecule has 1 atom stereocenters. The van der Waals surface area contributed by atoms with E-state index in [0.29, 0.717) is 4.83 Å². The van der Waals surface area contributed by atoms with Crippen molar-refractivity contribution in [3.8, 4) is 5.82 Å². The monoisotopic (exact) mass is 267 g/mol. The Morgan fingerprint density at radius 1 is 1.40 bits per heavy atom. The van der Waals surface area contributed by atoms with Gasteiger partial charge in [0.15, 0.2) is 11.6 Å². The summed E-state index contributed by atoms with van der Waals surface area (Å²) in [5.74, 6) is 1.46. The first-order valence-electron chi connectivity index (χ1n) is 4.54. The Bertz CT molecular complexity index is 448. The number of aromatic nitrogens is 5. The molecule has 0 saturated carbocycles. The standard InChI is InChI=1S/C9H10BrN5/c1-6(10)8-3-4-9(11-5-8)15-7(2)12-13-14-15/h3-6H,1-2H3. The summed E-state index contributed by atoms with van der Waals surface area (Å²) < 4.78 is 1.60. The smallest absolute Gasteiger partial charge is 0.157 e. The molecule has 0 aromatic carbocycles. The third kappa shape index (κ3) is 2.04. The minimum absolute atomic E-state index is 0.300.